The lowest BCUT2D eigenvalue weighted by Gasteiger charge is -2.16. The second kappa shape index (κ2) is 9.18. The molecule has 0 aromatic heterocycles. The molecule has 0 aliphatic carbocycles. The van der Waals surface area contributed by atoms with Crippen LogP contribution in [0.25, 0.3) is 0 Å². The highest BCUT2D eigenvalue weighted by atomic mass is 32.2. The van der Waals surface area contributed by atoms with E-state index in [4.69, 9.17) is 6.42 Å². The predicted molar refractivity (Wildman–Crippen MR) is 102 cm³/mol. The van der Waals surface area contributed by atoms with E-state index in [0.29, 0.717) is 12.1 Å². The molecule has 1 amide bonds. The molecule has 0 aliphatic rings. The largest absolute Gasteiger partial charge is 0.351 e. The van der Waals surface area contributed by atoms with Crippen LogP contribution in [-0.4, -0.2) is 27.4 Å². The number of carbonyl (C=O) groups excluding carboxylic acids is 1. The average Bonchev–Trinajstić information content (AvgIpc) is 2.67. The van der Waals surface area contributed by atoms with Gasteiger partial charge < -0.3 is 5.32 Å². The average molecular weight is 370 g/mol. The van der Waals surface area contributed by atoms with Crippen molar-refractivity contribution in [1.29, 1.82) is 0 Å². The Morgan fingerprint density at radius 1 is 1.12 bits per heavy atom. The molecule has 5 nitrogen and oxygen atoms in total. The standard InChI is InChI=1S/C20H22N2O3S/c1-3-14-22-26(24,25)19-12-10-18(11-13-19)20(23)21-15-16(4-2)17-8-6-5-7-9-17/h1,5-13,16,22H,4,14-15H2,2H3,(H,21,23). The van der Waals surface area contributed by atoms with Crippen molar-refractivity contribution in [2.75, 3.05) is 13.1 Å². The van der Waals surface area contributed by atoms with Gasteiger partial charge >= 0.3 is 0 Å². The van der Waals surface area contributed by atoms with Crippen LogP contribution < -0.4 is 10.0 Å². The minimum atomic E-state index is -3.65. The van der Waals surface area contributed by atoms with E-state index >= 15 is 0 Å². The maximum atomic E-state index is 12.3. The molecule has 1 atom stereocenters. The van der Waals surface area contributed by atoms with Crippen LogP contribution in [0, 0.1) is 12.3 Å². The third-order valence-electron chi connectivity index (χ3n) is 4.06. The van der Waals surface area contributed by atoms with Crippen LogP contribution in [0.5, 0.6) is 0 Å². The summed E-state index contributed by atoms with van der Waals surface area (Å²) in [6.07, 6.45) is 5.96. The molecule has 0 saturated heterocycles. The predicted octanol–water partition coefficient (Wildman–Crippen LogP) is 2.52. The monoisotopic (exact) mass is 370 g/mol. The Morgan fingerprint density at radius 3 is 2.35 bits per heavy atom. The van der Waals surface area contributed by atoms with Crippen molar-refractivity contribution in [2.24, 2.45) is 0 Å². The van der Waals surface area contributed by atoms with Crippen molar-refractivity contribution in [3.63, 3.8) is 0 Å². The van der Waals surface area contributed by atoms with Gasteiger partial charge in [0.2, 0.25) is 10.0 Å². The first-order valence-corrected chi connectivity index (χ1v) is 9.82. The Hall–Kier alpha value is -2.62. The van der Waals surface area contributed by atoms with Crippen molar-refractivity contribution in [2.45, 2.75) is 24.2 Å². The van der Waals surface area contributed by atoms with Gasteiger partial charge in [-0.05, 0) is 36.2 Å². The highest BCUT2D eigenvalue weighted by Gasteiger charge is 2.15. The van der Waals surface area contributed by atoms with E-state index in [9.17, 15) is 13.2 Å². The second-order valence-corrected chi connectivity index (χ2v) is 7.55. The van der Waals surface area contributed by atoms with Gasteiger partial charge in [0.1, 0.15) is 0 Å². The van der Waals surface area contributed by atoms with Crippen molar-refractivity contribution in [3.8, 4) is 12.3 Å². The highest BCUT2D eigenvalue weighted by molar-refractivity contribution is 7.89. The Labute approximate surface area is 154 Å². The zero-order chi connectivity index (χ0) is 19.0. The van der Waals surface area contributed by atoms with E-state index in [1.165, 1.54) is 29.8 Å². The summed E-state index contributed by atoms with van der Waals surface area (Å²) in [7, 11) is -3.65. The lowest BCUT2D eigenvalue weighted by Crippen LogP contribution is -2.28. The molecule has 26 heavy (non-hydrogen) atoms. The quantitative estimate of drug-likeness (QED) is 0.701. The lowest BCUT2D eigenvalue weighted by molar-refractivity contribution is 0.0951. The molecular formula is C20H22N2O3S. The van der Waals surface area contributed by atoms with Crippen molar-refractivity contribution >= 4 is 15.9 Å². The number of rotatable bonds is 8. The van der Waals surface area contributed by atoms with E-state index in [2.05, 4.69) is 22.9 Å². The fourth-order valence-electron chi connectivity index (χ4n) is 2.55. The Morgan fingerprint density at radius 2 is 1.77 bits per heavy atom. The molecular weight excluding hydrogens is 348 g/mol. The van der Waals surface area contributed by atoms with Gasteiger partial charge in [0, 0.05) is 18.0 Å². The van der Waals surface area contributed by atoms with Gasteiger partial charge in [0.25, 0.3) is 5.91 Å². The summed E-state index contributed by atoms with van der Waals surface area (Å²) in [5.41, 5.74) is 1.58. The fraction of sp³-hybridized carbons (Fsp3) is 0.250. The molecule has 2 rings (SSSR count). The topological polar surface area (TPSA) is 75.3 Å². The summed E-state index contributed by atoms with van der Waals surface area (Å²) in [4.78, 5) is 12.4. The van der Waals surface area contributed by atoms with Crippen LogP contribution in [0.4, 0.5) is 0 Å². The molecule has 0 spiro atoms. The molecule has 0 aliphatic heterocycles. The van der Waals surface area contributed by atoms with Gasteiger partial charge in [-0.2, -0.15) is 4.72 Å². The number of hydrogen-bond acceptors (Lipinski definition) is 3. The first kappa shape index (κ1) is 19.7. The summed E-state index contributed by atoms with van der Waals surface area (Å²) < 4.78 is 26.2. The molecule has 0 bridgehead atoms. The zero-order valence-electron chi connectivity index (χ0n) is 14.6. The Balaban J connectivity index is 2.01. The van der Waals surface area contributed by atoms with Crippen molar-refractivity contribution < 1.29 is 13.2 Å². The number of terminal acetylenes is 1. The molecule has 2 aromatic carbocycles. The Bertz CT molecular complexity index is 870. The van der Waals surface area contributed by atoms with Crippen LogP contribution >= 0.6 is 0 Å². The molecule has 0 radical (unpaired) electrons. The molecule has 136 valence electrons. The van der Waals surface area contributed by atoms with E-state index in [1.807, 2.05) is 30.3 Å². The third-order valence-corrected chi connectivity index (χ3v) is 5.48. The summed E-state index contributed by atoms with van der Waals surface area (Å²) in [6.45, 7) is 2.51. The van der Waals surface area contributed by atoms with Crippen LogP contribution in [-0.2, 0) is 10.0 Å². The van der Waals surface area contributed by atoms with Crippen LogP contribution in [0.2, 0.25) is 0 Å². The smallest absolute Gasteiger partial charge is 0.251 e. The summed E-state index contributed by atoms with van der Waals surface area (Å²) in [6, 6.07) is 15.8. The van der Waals surface area contributed by atoms with E-state index in [1.54, 1.807) is 0 Å². The number of amides is 1. The van der Waals surface area contributed by atoms with Crippen LogP contribution in [0.3, 0.4) is 0 Å². The van der Waals surface area contributed by atoms with Gasteiger partial charge in [-0.25, -0.2) is 8.42 Å². The van der Waals surface area contributed by atoms with E-state index < -0.39 is 10.0 Å². The molecule has 0 fully saturated rings. The van der Waals surface area contributed by atoms with Crippen molar-refractivity contribution in [1.82, 2.24) is 10.0 Å². The molecule has 2 aromatic rings. The number of carbonyl (C=O) groups is 1. The minimum absolute atomic E-state index is 0.0695. The Kier molecular flexibility index (Phi) is 6.96. The number of benzene rings is 2. The maximum Gasteiger partial charge on any atom is 0.251 e. The first-order chi connectivity index (χ1) is 12.5. The van der Waals surface area contributed by atoms with Crippen LogP contribution in [0.1, 0.15) is 35.2 Å². The minimum Gasteiger partial charge on any atom is -0.351 e. The number of nitrogens with one attached hydrogen (secondary N) is 2. The second-order valence-electron chi connectivity index (χ2n) is 5.78. The van der Waals surface area contributed by atoms with Gasteiger partial charge in [0.05, 0.1) is 11.4 Å². The van der Waals surface area contributed by atoms with Gasteiger partial charge in [-0.1, -0.05) is 43.2 Å². The molecule has 2 N–H and O–H groups in total. The summed E-state index contributed by atoms with van der Waals surface area (Å²) in [5, 5.41) is 2.91. The fourth-order valence-corrected chi connectivity index (χ4v) is 3.48. The normalized spacial score (nSPS) is 12.2. The maximum absolute atomic E-state index is 12.3. The van der Waals surface area contributed by atoms with Crippen molar-refractivity contribution in [3.05, 3.63) is 65.7 Å². The molecule has 0 saturated carbocycles. The lowest BCUT2D eigenvalue weighted by atomic mass is 9.96. The SMILES string of the molecule is C#CCNS(=O)(=O)c1ccc(C(=O)NCC(CC)c2ccccc2)cc1. The molecule has 1 unspecified atom stereocenters. The zero-order valence-corrected chi connectivity index (χ0v) is 15.4. The third kappa shape index (κ3) is 5.19. The van der Waals surface area contributed by atoms with E-state index in [-0.39, 0.29) is 23.3 Å². The van der Waals surface area contributed by atoms with Gasteiger partial charge in [-0.3, -0.25) is 4.79 Å². The van der Waals surface area contributed by atoms with Gasteiger partial charge in [0.15, 0.2) is 0 Å². The van der Waals surface area contributed by atoms with Crippen LogP contribution in [0.15, 0.2) is 59.5 Å². The first-order valence-electron chi connectivity index (χ1n) is 8.34. The molecule has 0 heterocycles. The molecule has 6 heteroatoms. The highest BCUT2D eigenvalue weighted by Crippen LogP contribution is 2.18. The van der Waals surface area contributed by atoms with E-state index in [0.717, 1.165) is 6.42 Å². The summed E-state index contributed by atoms with van der Waals surface area (Å²) in [5.74, 6) is 2.21. The summed E-state index contributed by atoms with van der Waals surface area (Å²) >= 11 is 0. The van der Waals surface area contributed by atoms with Gasteiger partial charge in [-0.15, -0.1) is 6.42 Å². The number of sulfonamides is 1. The number of hydrogen-bond donors (Lipinski definition) is 2.